The number of anilines is 1. The Morgan fingerprint density at radius 3 is 2.17 bits per heavy atom. The minimum Gasteiger partial charge on any atom is -0.352 e. The van der Waals surface area contributed by atoms with Gasteiger partial charge in [-0.15, -0.1) is 0 Å². The van der Waals surface area contributed by atoms with Crippen molar-refractivity contribution in [3.05, 3.63) is 95.6 Å². The summed E-state index contributed by atoms with van der Waals surface area (Å²) in [5.74, 6) is -0.618. The van der Waals surface area contributed by atoms with Crippen molar-refractivity contribution < 1.29 is 18.0 Å². The fourth-order valence-electron chi connectivity index (χ4n) is 5.47. The molecule has 218 valence electrons. The summed E-state index contributed by atoms with van der Waals surface area (Å²) in [5, 5.41) is 3.18. The standard InChI is InChI=1S/C33H41N3O4S/c1-4-30(33(38)34-28-16-10-6-11-17-28)35(23-27-14-8-5-9-15-27)32(37)24-36(31-22-25(2)20-21-26(31)3)41(39,40)29-18-12-7-13-19-29/h5,7-9,12-15,18-22,28,30H,4,6,10-11,16-17,23-24H2,1-3H3,(H,34,38). The summed E-state index contributed by atoms with van der Waals surface area (Å²) >= 11 is 0. The highest BCUT2D eigenvalue weighted by Crippen LogP contribution is 2.29. The molecule has 1 aliphatic carbocycles. The van der Waals surface area contributed by atoms with E-state index in [0.717, 1.165) is 42.4 Å². The smallest absolute Gasteiger partial charge is 0.264 e. The molecule has 1 saturated carbocycles. The second kappa shape index (κ2) is 13.8. The SMILES string of the molecule is CCC(C(=O)NC1CCCCC1)N(Cc1ccccc1)C(=O)CN(c1cc(C)ccc1C)S(=O)(=O)c1ccccc1. The van der Waals surface area contributed by atoms with Crippen LogP contribution in [0.2, 0.25) is 0 Å². The van der Waals surface area contributed by atoms with Crippen molar-refractivity contribution in [1.82, 2.24) is 10.2 Å². The number of hydrogen-bond acceptors (Lipinski definition) is 4. The van der Waals surface area contributed by atoms with Crippen molar-refractivity contribution in [3.63, 3.8) is 0 Å². The van der Waals surface area contributed by atoms with Gasteiger partial charge in [-0.25, -0.2) is 8.42 Å². The van der Waals surface area contributed by atoms with E-state index in [0.29, 0.717) is 12.1 Å². The van der Waals surface area contributed by atoms with Gasteiger partial charge in [0, 0.05) is 12.6 Å². The van der Waals surface area contributed by atoms with E-state index in [1.807, 2.05) is 63.2 Å². The minimum absolute atomic E-state index is 0.101. The summed E-state index contributed by atoms with van der Waals surface area (Å²) in [5.41, 5.74) is 2.93. The van der Waals surface area contributed by atoms with Gasteiger partial charge in [-0.2, -0.15) is 0 Å². The van der Waals surface area contributed by atoms with E-state index in [2.05, 4.69) is 5.32 Å². The molecular weight excluding hydrogens is 534 g/mol. The van der Waals surface area contributed by atoms with E-state index in [9.17, 15) is 18.0 Å². The van der Waals surface area contributed by atoms with Crippen LogP contribution in [0, 0.1) is 13.8 Å². The lowest BCUT2D eigenvalue weighted by atomic mass is 9.95. The quantitative estimate of drug-likeness (QED) is 0.315. The Labute approximate surface area is 244 Å². The Kier molecular flexibility index (Phi) is 10.2. The lowest BCUT2D eigenvalue weighted by molar-refractivity contribution is -0.140. The lowest BCUT2D eigenvalue weighted by Gasteiger charge is -2.34. The van der Waals surface area contributed by atoms with Gasteiger partial charge in [0.1, 0.15) is 12.6 Å². The molecule has 0 radical (unpaired) electrons. The van der Waals surface area contributed by atoms with E-state index < -0.39 is 28.5 Å². The minimum atomic E-state index is -4.08. The first kappa shape index (κ1) is 30.3. The van der Waals surface area contributed by atoms with Gasteiger partial charge in [-0.1, -0.05) is 86.8 Å². The molecule has 2 amide bonds. The van der Waals surface area contributed by atoms with Gasteiger partial charge < -0.3 is 10.2 Å². The number of benzene rings is 3. The first-order valence-electron chi connectivity index (χ1n) is 14.5. The predicted octanol–water partition coefficient (Wildman–Crippen LogP) is 5.76. The second-order valence-corrected chi connectivity index (χ2v) is 12.8. The van der Waals surface area contributed by atoms with Crippen LogP contribution in [0.15, 0.2) is 83.8 Å². The molecule has 3 aromatic rings. The van der Waals surface area contributed by atoms with Gasteiger partial charge in [0.15, 0.2) is 0 Å². The average molecular weight is 576 g/mol. The second-order valence-electron chi connectivity index (χ2n) is 10.9. The molecule has 4 rings (SSSR count). The number of sulfonamides is 1. The molecule has 0 bridgehead atoms. The number of amides is 2. The number of nitrogens with zero attached hydrogens (tertiary/aromatic N) is 2. The number of carbonyl (C=O) groups is 2. The average Bonchev–Trinajstić information content (AvgIpc) is 2.98. The van der Waals surface area contributed by atoms with Crippen LogP contribution >= 0.6 is 0 Å². The van der Waals surface area contributed by atoms with Gasteiger partial charge >= 0.3 is 0 Å². The van der Waals surface area contributed by atoms with Gasteiger partial charge in [-0.05, 0) is 68.0 Å². The Hall–Kier alpha value is -3.65. The molecule has 41 heavy (non-hydrogen) atoms. The van der Waals surface area contributed by atoms with E-state index in [1.165, 1.54) is 22.9 Å². The molecule has 1 atom stereocenters. The zero-order valence-electron chi connectivity index (χ0n) is 24.3. The van der Waals surface area contributed by atoms with Gasteiger partial charge in [0.25, 0.3) is 10.0 Å². The normalized spacial score (nSPS) is 14.7. The number of carbonyl (C=O) groups excluding carboxylic acids is 2. The number of rotatable bonds is 11. The largest absolute Gasteiger partial charge is 0.352 e. The topological polar surface area (TPSA) is 86.8 Å². The van der Waals surface area contributed by atoms with Crippen LogP contribution in [0.5, 0.6) is 0 Å². The van der Waals surface area contributed by atoms with E-state index in [-0.39, 0.29) is 23.4 Å². The number of nitrogens with one attached hydrogen (secondary N) is 1. The van der Waals surface area contributed by atoms with Crippen LogP contribution in [0.4, 0.5) is 5.69 Å². The maximum Gasteiger partial charge on any atom is 0.264 e. The Morgan fingerprint density at radius 1 is 0.902 bits per heavy atom. The molecule has 0 aromatic heterocycles. The van der Waals surface area contributed by atoms with Crippen molar-refractivity contribution in [1.29, 1.82) is 0 Å². The maximum absolute atomic E-state index is 14.2. The highest BCUT2D eigenvalue weighted by Gasteiger charge is 2.34. The monoisotopic (exact) mass is 575 g/mol. The van der Waals surface area contributed by atoms with Crippen molar-refractivity contribution in [2.45, 2.75) is 82.8 Å². The molecule has 0 spiro atoms. The summed E-state index contributed by atoms with van der Waals surface area (Å²) in [6.45, 7) is 5.38. The molecule has 3 aromatic carbocycles. The van der Waals surface area contributed by atoms with Crippen LogP contribution in [-0.2, 0) is 26.2 Å². The first-order chi connectivity index (χ1) is 19.7. The number of aryl methyl sites for hydroxylation is 2. The zero-order valence-corrected chi connectivity index (χ0v) is 25.1. The first-order valence-corrected chi connectivity index (χ1v) is 15.9. The van der Waals surface area contributed by atoms with Crippen LogP contribution in [-0.4, -0.2) is 43.8 Å². The third-order valence-electron chi connectivity index (χ3n) is 7.78. The Balaban J connectivity index is 1.71. The van der Waals surface area contributed by atoms with Crippen molar-refractivity contribution in [2.24, 2.45) is 0 Å². The van der Waals surface area contributed by atoms with Crippen LogP contribution in [0.25, 0.3) is 0 Å². The Bertz CT molecular complexity index is 1420. The molecule has 1 N–H and O–H groups in total. The van der Waals surface area contributed by atoms with Gasteiger partial charge in [0.05, 0.1) is 10.6 Å². The van der Waals surface area contributed by atoms with Crippen molar-refractivity contribution in [2.75, 3.05) is 10.8 Å². The molecular formula is C33H41N3O4S. The van der Waals surface area contributed by atoms with E-state index >= 15 is 0 Å². The van der Waals surface area contributed by atoms with E-state index in [1.54, 1.807) is 29.2 Å². The molecule has 8 heteroatoms. The zero-order chi connectivity index (χ0) is 29.4. The lowest BCUT2D eigenvalue weighted by Crippen LogP contribution is -2.54. The van der Waals surface area contributed by atoms with Crippen molar-refractivity contribution in [3.8, 4) is 0 Å². The number of hydrogen-bond donors (Lipinski definition) is 1. The molecule has 0 saturated heterocycles. The predicted molar refractivity (Wildman–Crippen MR) is 163 cm³/mol. The van der Waals surface area contributed by atoms with Crippen LogP contribution < -0.4 is 9.62 Å². The summed E-state index contributed by atoms with van der Waals surface area (Å²) in [6.07, 6.45) is 5.61. The molecule has 0 heterocycles. The third-order valence-corrected chi connectivity index (χ3v) is 9.55. The highest BCUT2D eigenvalue weighted by molar-refractivity contribution is 7.92. The van der Waals surface area contributed by atoms with Crippen LogP contribution in [0.1, 0.15) is 62.1 Å². The molecule has 1 fully saturated rings. The molecule has 1 unspecified atom stereocenters. The molecule has 1 aliphatic rings. The summed E-state index contributed by atoms with van der Waals surface area (Å²) in [7, 11) is -4.08. The third kappa shape index (κ3) is 7.55. The summed E-state index contributed by atoms with van der Waals surface area (Å²) < 4.78 is 29.2. The molecule has 7 nitrogen and oxygen atoms in total. The van der Waals surface area contributed by atoms with Gasteiger partial charge in [-0.3, -0.25) is 13.9 Å². The Morgan fingerprint density at radius 2 is 1.54 bits per heavy atom. The van der Waals surface area contributed by atoms with E-state index in [4.69, 9.17) is 0 Å². The van der Waals surface area contributed by atoms with Crippen molar-refractivity contribution >= 4 is 27.5 Å². The maximum atomic E-state index is 14.2. The van der Waals surface area contributed by atoms with Crippen LogP contribution in [0.3, 0.4) is 0 Å². The fraction of sp³-hybridized carbons (Fsp3) is 0.394. The summed E-state index contributed by atoms with van der Waals surface area (Å²) in [4.78, 5) is 29.5. The molecule has 0 aliphatic heterocycles. The summed E-state index contributed by atoms with van der Waals surface area (Å²) in [6, 6.07) is 22.6. The van der Waals surface area contributed by atoms with Gasteiger partial charge in [0.2, 0.25) is 11.8 Å². The highest BCUT2D eigenvalue weighted by atomic mass is 32.2. The fourth-order valence-corrected chi connectivity index (χ4v) is 6.96.